The summed E-state index contributed by atoms with van der Waals surface area (Å²) in [6, 6.07) is 3.15. The van der Waals surface area contributed by atoms with Gasteiger partial charge in [0, 0.05) is 30.6 Å². The molecule has 7 nitrogen and oxygen atoms in total. The number of hydrogen-bond donors (Lipinski definition) is 0. The van der Waals surface area contributed by atoms with Crippen LogP contribution in [0.4, 0.5) is 0 Å². The van der Waals surface area contributed by atoms with Crippen LogP contribution in [0.5, 0.6) is 0 Å². The summed E-state index contributed by atoms with van der Waals surface area (Å²) in [6.45, 7) is 1.93. The first kappa shape index (κ1) is 11.4. The van der Waals surface area contributed by atoms with E-state index in [2.05, 4.69) is 15.2 Å². The molecule has 0 aliphatic heterocycles. The van der Waals surface area contributed by atoms with Gasteiger partial charge >= 0.3 is 0 Å². The molecule has 0 atom stereocenters. The third-order valence-corrected chi connectivity index (χ3v) is 3.08. The van der Waals surface area contributed by atoms with E-state index in [1.807, 2.05) is 14.0 Å². The monoisotopic (exact) mass is 256 g/mol. The molecule has 0 amide bonds. The maximum Gasteiger partial charge on any atom is 0.156 e. The van der Waals surface area contributed by atoms with Crippen LogP contribution >= 0.6 is 0 Å². The second-order valence-corrected chi connectivity index (χ2v) is 4.18. The van der Waals surface area contributed by atoms with Gasteiger partial charge in [0.25, 0.3) is 0 Å². The van der Waals surface area contributed by atoms with Gasteiger partial charge in [0.15, 0.2) is 5.65 Å². The second-order valence-electron chi connectivity index (χ2n) is 4.18. The molecule has 3 rings (SSSR count). The van der Waals surface area contributed by atoms with E-state index >= 15 is 0 Å². The standard InChI is InChI=1S/C12H11N5O2/c1-7-8(6-14-16(7)2)10-3-4-13-11-5-9(12(18)19)15-17(10)11/h3-6H,1-2H3,(H,18,19)/p-1. The lowest BCUT2D eigenvalue weighted by atomic mass is 10.2. The molecule has 19 heavy (non-hydrogen) atoms. The summed E-state index contributed by atoms with van der Waals surface area (Å²) >= 11 is 0. The number of rotatable bonds is 2. The predicted molar refractivity (Wildman–Crippen MR) is 64.3 cm³/mol. The van der Waals surface area contributed by atoms with Crippen LogP contribution in [-0.4, -0.2) is 30.3 Å². The van der Waals surface area contributed by atoms with Gasteiger partial charge in [0.1, 0.15) is 5.69 Å². The topological polar surface area (TPSA) is 88.1 Å². The Hall–Kier alpha value is -2.70. The Morgan fingerprint density at radius 2 is 2.21 bits per heavy atom. The van der Waals surface area contributed by atoms with Crippen molar-refractivity contribution < 1.29 is 9.90 Å². The van der Waals surface area contributed by atoms with E-state index in [-0.39, 0.29) is 5.69 Å². The minimum atomic E-state index is -1.32. The maximum atomic E-state index is 10.9. The SMILES string of the molecule is Cc1c(-c2ccnc3cc(C(=O)[O-])nn23)cnn1C. The van der Waals surface area contributed by atoms with Gasteiger partial charge in [-0.05, 0) is 13.0 Å². The zero-order valence-corrected chi connectivity index (χ0v) is 10.4. The average molecular weight is 256 g/mol. The fourth-order valence-electron chi connectivity index (χ4n) is 1.95. The number of carbonyl (C=O) groups is 1. The van der Waals surface area contributed by atoms with Crippen molar-refractivity contribution in [3.8, 4) is 11.3 Å². The van der Waals surface area contributed by atoms with Crippen LogP contribution in [0.2, 0.25) is 0 Å². The Labute approximate surface area is 108 Å². The van der Waals surface area contributed by atoms with Gasteiger partial charge in [0.05, 0.1) is 17.9 Å². The molecule has 0 N–H and O–H groups in total. The molecule has 0 aliphatic rings. The average Bonchev–Trinajstić information content (AvgIpc) is 2.95. The van der Waals surface area contributed by atoms with Crippen molar-refractivity contribution in [3.63, 3.8) is 0 Å². The normalized spacial score (nSPS) is 11.1. The number of carboxylic acid groups (broad SMARTS) is 1. The number of aryl methyl sites for hydroxylation is 1. The van der Waals surface area contributed by atoms with Crippen molar-refractivity contribution in [2.45, 2.75) is 6.92 Å². The van der Waals surface area contributed by atoms with E-state index in [4.69, 9.17) is 0 Å². The van der Waals surface area contributed by atoms with E-state index < -0.39 is 5.97 Å². The summed E-state index contributed by atoms with van der Waals surface area (Å²) in [4.78, 5) is 14.9. The molecule has 7 heteroatoms. The van der Waals surface area contributed by atoms with E-state index in [1.54, 1.807) is 23.1 Å². The number of aromatic nitrogens is 5. The van der Waals surface area contributed by atoms with E-state index in [9.17, 15) is 9.90 Å². The first-order valence-electron chi connectivity index (χ1n) is 5.63. The Morgan fingerprint density at radius 1 is 1.42 bits per heavy atom. The van der Waals surface area contributed by atoms with Crippen molar-refractivity contribution in [1.29, 1.82) is 0 Å². The summed E-state index contributed by atoms with van der Waals surface area (Å²) < 4.78 is 3.22. The molecule has 0 aliphatic carbocycles. The van der Waals surface area contributed by atoms with E-state index in [0.29, 0.717) is 5.65 Å². The molecule has 96 valence electrons. The van der Waals surface area contributed by atoms with Crippen molar-refractivity contribution >= 4 is 11.6 Å². The summed E-state index contributed by atoms with van der Waals surface area (Å²) in [5.41, 5.74) is 2.89. The van der Waals surface area contributed by atoms with Crippen molar-refractivity contribution in [3.05, 3.63) is 35.9 Å². The second kappa shape index (κ2) is 3.91. The molecule has 3 aromatic heterocycles. The molecule has 0 fully saturated rings. The van der Waals surface area contributed by atoms with Gasteiger partial charge in [-0.3, -0.25) is 4.68 Å². The molecule has 0 saturated carbocycles. The molecule has 3 heterocycles. The molecular formula is C12H10N5O2-. The molecule has 0 spiro atoms. The van der Waals surface area contributed by atoms with Gasteiger partial charge in [-0.15, -0.1) is 0 Å². The molecule has 0 radical (unpaired) electrons. The predicted octanol–water partition coefficient (Wildman–Crippen LogP) is -0.198. The van der Waals surface area contributed by atoms with Crippen LogP contribution in [0, 0.1) is 6.92 Å². The highest BCUT2D eigenvalue weighted by atomic mass is 16.4. The Balaban J connectivity index is 2.29. The van der Waals surface area contributed by atoms with Gasteiger partial charge in [-0.1, -0.05) is 0 Å². The molecule has 3 aromatic rings. The molecule has 0 bridgehead atoms. The number of carboxylic acids is 1. The molecule has 0 aromatic carbocycles. The van der Waals surface area contributed by atoms with Gasteiger partial charge in [-0.2, -0.15) is 10.2 Å². The van der Waals surface area contributed by atoms with Crippen molar-refractivity contribution in [2.75, 3.05) is 0 Å². The number of fused-ring (bicyclic) bond motifs is 1. The number of carbonyl (C=O) groups excluding carboxylic acids is 1. The fourth-order valence-corrected chi connectivity index (χ4v) is 1.95. The number of nitrogens with zero attached hydrogens (tertiary/aromatic N) is 5. The van der Waals surface area contributed by atoms with Crippen LogP contribution in [-0.2, 0) is 7.05 Å². The third-order valence-electron chi connectivity index (χ3n) is 3.08. The minimum Gasteiger partial charge on any atom is -0.543 e. The van der Waals surface area contributed by atoms with Crippen LogP contribution in [0.25, 0.3) is 16.9 Å². The molecule has 0 unspecified atom stereocenters. The minimum absolute atomic E-state index is 0.138. The Kier molecular flexibility index (Phi) is 2.34. The largest absolute Gasteiger partial charge is 0.543 e. The smallest absolute Gasteiger partial charge is 0.156 e. The lowest BCUT2D eigenvalue weighted by Crippen LogP contribution is -2.22. The highest BCUT2D eigenvalue weighted by molar-refractivity contribution is 5.85. The van der Waals surface area contributed by atoms with Crippen LogP contribution in [0.15, 0.2) is 24.5 Å². The number of hydrogen-bond acceptors (Lipinski definition) is 5. The quantitative estimate of drug-likeness (QED) is 0.633. The molecule has 0 saturated heterocycles. The zero-order valence-electron chi connectivity index (χ0n) is 10.4. The Morgan fingerprint density at radius 3 is 2.84 bits per heavy atom. The first-order valence-corrected chi connectivity index (χ1v) is 5.63. The number of aromatic carboxylic acids is 1. The van der Waals surface area contributed by atoms with Crippen molar-refractivity contribution in [2.24, 2.45) is 7.05 Å². The lowest BCUT2D eigenvalue weighted by molar-refractivity contribution is -0.255. The molecular weight excluding hydrogens is 246 g/mol. The van der Waals surface area contributed by atoms with Crippen LogP contribution in [0.1, 0.15) is 16.2 Å². The van der Waals surface area contributed by atoms with Crippen molar-refractivity contribution in [1.82, 2.24) is 24.4 Å². The lowest BCUT2D eigenvalue weighted by Gasteiger charge is -2.03. The summed E-state index contributed by atoms with van der Waals surface area (Å²) in [7, 11) is 1.84. The van der Waals surface area contributed by atoms with Gasteiger partial charge in [0.2, 0.25) is 0 Å². The van der Waals surface area contributed by atoms with E-state index in [0.717, 1.165) is 17.0 Å². The fraction of sp³-hybridized carbons (Fsp3) is 0.167. The van der Waals surface area contributed by atoms with Crippen LogP contribution < -0.4 is 5.11 Å². The highest BCUT2D eigenvalue weighted by Gasteiger charge is 2.12. The van der Waals surface area contributed by atoms with Gasteiger partial charge < -0.3 is 9.90 Å². The first-order chi connectivity index (χ1) is 9.08. The Bertz CT molecular complexity index is 787. The zero-order chi connectivity index (χ0) is 13.6. The van der Waals surface area contributed by atoms with E-state index in [1.165, 1.54) is 10.6 Å². The summed E-state index contributed by atoms with van der Waals surface area (Å²) in [5, 5.41) is 19.0. The summed E-state index contributed by atoms with van der Waals surface area (Å²) in [5.74, 6) is -1.32. The highest BCUT2D eigenvalue weighted by Crippen LogP contribution is 2.22. The summed E-state index contributed by atoms with van der Waals surface area (Å²) in [6.07, 6.45) is 3.32. The maximum absolute atomic E-state index is 10.9. The van der Waals surface area contributed by atoms with Crippen LogP contribution in [0.3, 0.4) is 0 Å². The van der Waals surface area contributed by atoms with Gasteiger partial charge in [-0.25, -0.2) is 9.50 Å². The third kappa shape index (κ3) is 1.67.